The zero-order chi connectivity index (χ0) is 17.2. The minimum absolute atomic E-state index is 0.0414. The van der Waals surface area contributed by atoms with Crippen molar-refractivity contribution in [2.45, 2.75) is 19.3 Å². The number of nitrogens with one attached hydrogen (secondary N) is 1. The van der Waals surface area contributed by atoms with Crippen LogP contribution >= 0.6 is 0 Å². The Hall–Kier alpha value is -2.96. The van der Waals surface area contributed by atoms with Crippen molar-refractivity contribution >= 4 is 17.4 Å². The maximum atomic E-state index is 11.5. The Morgan fingerprint density at radius 1 is 1.33 bits per heavy atom. The van der Waals surface area contributed by atoms with Gasteiger partial charge < -0.3 is 11.1 Å². The molecule has 24 heavy (non-hydrogen) atoms. The predicted octanol–water partition coefficient (Wildman–Crippen LogP) is 2.52. The Balaban J connectivity index is 1.72. The molecule has 1 fully saturated rings. The van der Waals surface area contributed by atoms with Crippen molar-refractivity contribution < 1.29 is 9.72 Å². The molecule has 0 radical (unpaired) electrons. The number of aromatic nitrogens is 1. The molecule has 1 saturated carbocycles. The number of primary amides is 1. The number of carbonyl (C=O) groups excluding carboxylic acids is 1. The van der Waals surface area contributed by atoms with Crippen LogP contribution in [0.25, 0.3) is 0 Å². The summed E-state index contributed by atoms with van der Waals surface area (Å²) in [4.78, 5) is 25.8. The van der Waals surface area contributed by atoms with Gasteiger partial charge in [-0.15, -0.1) is 0 Å². The van der Waals surface area contributed by atoms with Gasteiger partial charge in [-0.1, -0.05) is 30.3 Å². The second-order valence-electron chi connectivity index (χ2n) is 6.23. The van der Waals surface area contributed by atoms with Crippen LogP contribution in [-0.2, 0) is 6.42 Å². The van der Waals surface area contributed by atoms with Crippen molar-refractivity contribution in [3.63, 3.8) is 0 Å². The number of amides is 1. The zero-order valence-electron chi connectivity index (χ0n) is 13.1. The average Bonchev–Trinajstić information content (AvgIpc) is 3.33. The molecule has 1 aliphatic rings. The summed E-state index contributed by atoms with van der Waals surface area (Å²) in [5, 5.41) is 14.0. The first-order valence-corrected chi connectivity index (χ1v) is 7.71. The van der Waals surface area contributed by atoms with Crippen LogP contribution < -0.4 is 11.1 Å². The predicted molar refractivity (Wildman–Crippen MR) is 89.7 cm³/mol. The normalized spacial score (nSPS) is 14.8. The van der Waals surface area contributed by atoms with E-state index >= 15 is 0 Å². The second-order valence-corrected chi connectivity index (χ2v) is 6.23. The van der Waals surface area contributed by atoms with Gasteiger partial charge in [0.05, 0.1) is 10.5 Å². The van der Waals surface area contributed by atoms with E-state index in [-0.39, 0.29) is 16.7 Å². The summed E-state index contributed by atoms with van der Waals surface area (Å²) >= 11 is 0. The molecule has 1 aromatic carbocycles. The number of benzene rings is 1. The Morgan fingerprint density at radius 3 is 2.62 bits per heavy atom. The highest BCUT2D eigenvalue weighted by atomic mass is 16.6. The number of nitrogens with two attached hydrogens (primary N) is 1. The van der Waals surface area contributed by atoms with Gasteiger partial charge in [-0.3, -0.25) is 14.9 Å². The molecule has 3 rings (SSSR count). The summed E-state index contributed by atoms with van der Waals surface area (Å²) in [6, 6.07) is 11.4. The van der Waals surface area contributed by atoms with E-state index in [1.165, 1.54) is 5.56 Å². The van der Waals surface area contributed by atoms with Crippen molar-refractivity contribution in [1.82, 2.24) is 4.98 Å². The number of anilines is 1. The number of nitrogens with zero attached hydrogens (tertiary/aromatic N) is 2. The molecule has 1 aliphatic carbocycles. The fraction of sp³-hybridized carbons (Fsp3) is 0.294. The molecule has 7 heteroatoms. The van der Waals surface area contributed by atoms with Gasteiger partial charge in [0.2, 0.25) is 0 Å². The van der Waals surface area contributed by atoms with Gasteiger partial charge in [0.15, 0.2) is 0 Å². The minimum Gasteiger partial charge on any atom is -0.369 e. The Kier molecular flexibility index (Phi) is 4.16. The van der Waals surface area contributed by atoms with E-state index in [2.05, 4.69) is 22.4 Å². The highest BCUT2D eigenvalue weighted by Crippen LogP contribution is 2.48. The molecule has 1 amide bonds. The van der Waals surface area contributed by atoms with Crippen molar-refractivity contribution in [3.8, 4) is 0 Å². The van der Waals surface area contributed by atoms with Gasteiger partial charge in [0, 0.05) is 12.6 Å². The van der Waals surface area contributed by atoms with E-state index in [4.69, 9.17) is 5.73 Å². The average molecular weight is 326 g/mol. The lowest BCUT2D eigenvalue weighted by molar-refractivity contribution is -0.385. The molecule has 2 aromatic rings. The largest absolute Gasteiger partial charge is 0.369 e. The van der Waals surface area contributed by atoms with Crippen LogP contribution in [-0.4, -0.2) is 22.4 Å². The Bertz CT molecular complexity index is 773. The van der Waals surface area contributed by atoms with E-state index < -0.39 is 10.8 Å². The van der Waals surface area contributed by atoms with Crippen molar-refractivity contribution in [2.24, 2.45) is 11.1 Å². The first kappa shape index (κ1) is 15.9. The van der Waals surface area contributed by atoms with Crippen LogP contribution in [0, 0.1) is 15.5 Å². The molecule has 7 nitrogen and oxygen atoms in total. The van der Waals surface area contributed by atoms with Gasteiger partial charge in [0.1, 0.15) is 12.0 Å². The Morgan fingerprint density at radius 2 is 2.04 bits per heavy atom. The standard InChI is InChI=1S/C17H18N4O3/c18-15(22)14-8-13(21(23)24)10-19-16(14)20-11-17(6-7-17)9-12-4-2-1-3-5-12/h1-5,8,10H,6-7,9,11H2,(H2,18,22)(H,19,20). The molecule has 0 aliphatic heterocycles. The Labute approximate surface area is 139 Å². The smallest absolute Gasteiger partial charge is 0.288 e. The molecule has 0 spiro atoms. The number of rotatable bonds is 7. The maximum Gasteiger partial charge on any atom is 0.288 e. The van der Waals surface area contributed by atoms with Gasteiger partial charge in [-0.05, 0) is 30.2 Å². The van der Waals surface area contributed by atoms with Crippen molar-refractivity contribution in [2.75, 3.05) is 11.9 Å². The van der Waals surface area contributed by atoms with Crippen LogP contribution in [0.2, 0.25) is 0 Å². The number of hydrogen-bond donors (Lipinski definition) is 2. The SMILES string of the molecule is NC(=O)c1cc([N+](=O)[O-])cnc1NCC1(Cc2ccccc2)CC1. The number of carbonyl (C=O) groups is 1. The molecular weight excluding hydrogens is 308 g/mol. The van der Waals surface area contributed by atoms with E-state index in [1.54, 1.807) is 0 Å². The highest BCUT2D eigenvalue weighted by Gasteiger charge is 2.42. The maximum absolute atomic E-state index is 11.5. The van der Waals surface area contributed by atoms with Gasteiger partial charge in [-0.25, -0.2) is 4.98 Å². The van der Waals surface area contributed by atoms with Crippen LogP contribution in [0.3, 0.4) is 0 Å². The summed E-state index contributed by atoms with van der Waals surface area (Å²) in [6.45, 7) is 0.646. The zero-order valence-corrected chi connectivity index (χ0v) is 13.1. The van der Waals surface area contributed by atoms with Crippen LogP contribution in [0.1, 0.15) is 28.8 Å². The first-order valence-electron chi connectivity index (χ1n) is 7.71. The summed E-state index contributed by atoms with van der Waals surface area (Å²) in [5.74, 6) is -0.436. The van der Waals surface area contributed by atoms with Crippen molar-refractivity contribution in [1.29, 1.82) is 0 Å². The van der Waals surface area contributed by atoms with E-state index in [9.17, 15) is 14.9 Å². The summed E-state index contributed by atoms with van der Waals surface area (Å²) in [5.41, 5.74) is 6.52. The topological polar surface area (TPSA) is 111 Å². The molecule has 124 valence electrons. The van der Waals surface area contributed by atoms with E-state index in [0.29, 0.717) is 12.4 Å². The van der Waals surface area contributed by atoms with Crippen LogP contribution in [0.4, 0.5) is 11.5 Å². The lowest BCUT2D eigenvalue weighted by Crippen LogP contribution is -2.22. The van der Waals surface area contributed by atoms with Crippen LogP contribution in [0.15, 0.2) is 42.6 Å². The number of pyridine rings is 1. The third-order valence-electron chi connectivity index (χ3n) is 4.36. The first-order chi connectivity index (χ1) is 11.5. The highest BCUT2D eigenvalue weighted by molar-refractivity contribution is 5.98. The van der Waals surface area contributed by atoms with Gasteiger partial charge in [0.25, 0.3) is 11.6 Å². The molecule has 0 saturated heterocycles. The monoisotopic (exact) mass is 326 g/mol. The van der Waals surface area contributed by atoms with Crippen LogP contribution in [0.5, 0.6) is 0 Å². The third kappa shape index (κ3) is 3.51. The lowest BCUT2D eigenvalue weighted by Gasteiger charge is -2.17. The molecular formula is C17H18N4O3. The molecule has 1 aromatic heterocycles. The van der Waals surface area contributed by atoms with Crippen molar-refractivity contribution in [3.05, 3.63) is 63.8 Å². The fourth-order valence-corrected chi connectivity index (χ4v) is 2.78. The molecule has 1 heterocycles. The molecule has 0 atom stereocenters. The summed E-state index contributed by atoms with van der Waals surface area (Å²) in [7, 11) is 0. The van der Waals surface area contributed by atoms with E-state index in [1.807, 2.05) is 18.2 Å². The quantitative estimate of drug-likeness (QED) is 0.600. The second kappa shape index (κ2) is 6.27. The third-order valence-corrected chi connectivity index (χ3v) is 4.36. The molecule has 3 N–H and O–H groups in total. The fourth-order valence-electron chi connectivity index (χ4n) is 2.78. The van der Waals surface area contributed by atoms with Gasteiger partial charge in [-0.2, -0.15) is 0 Å². The molecule has 0 bridgehead atoms. The number of nitro groups is 1. The van der Waals surface area contributed by atoms with Gasteiger partial charge >= 0.3 is 0 Å². The molecule has 0 unspecified atom stereocenters. The summed E-state index contributed by atoms with van der Waals surface area (Å²) in [6.07, 6.45) is 4.26. The minimum atomic E-state index is -0.735. The lowest BCUT2D eigenvalue weighted by atomic mass is 9.96. The number of hydrogen-bond acceptors (Lipinski definition) is 5. The van der Waals surface area contributed by atoms with E-state index in [0.717, 1.165) is 31.5 Å². The summed E-state index contributed by atoms with van der Waals surface area (Å²) < 4.78 is 0.